The average molecular weight is 290 g/mol. The summed E-state index contributed by atoms with van der Waals surface area (Å²) in [7, 11) is 0. The van der Waals surface area contributed by atoms with Gasteiger partial charge in [0.05, 0.1) is 0 Å². The van der Waals surface area contributed by atoms with Crippen LogP contribution in [0.4, 0.5) is 0 Å². The van der Waals surface area contributed by atoms with Crippen LogP contribution >= 0.6 is 11.8 Å². The van der Waals surface area contributed by atoms with Crippen molar-refractivity contribution in [1.29, 1.82) is 0 Å². The molecule has 2 aliphatic rings. The van der Waals surface area contributed by atoms with Gasteiger partial charge in [-0.05, 0) is 37.9 Å². The van der Waals surface area contributed by atoms with E-state index in [-0.39, 0.29) is 0 Å². The molecule has 1 aromatic carbocycles. The van der Waals surface area contributed by atoms with E-state index in [0.717, 1.165) is 11.8 Å². The summed E-state index contributed by atoms with van der Waals surface area (Å²) in [5, 5.41) is 4.65. The summed E-state index contributed by atoms with van der Waals surface area (Å²) in [4.78, 5) is 2.66. The Labute approximate surface area is 127 Å². The molecule has 3 atom stereocenters. The van der Waals surface area contributed by atoms with Gasteiger partial charge in [-0.25, -0.2) is 0 Å². The van der Waals surface area contributed by atoms with Gasteiger partial charge < -0.3 is 5.32 Å². The smallest absolute Gasteiger partial charge is 0.0472 e. The lowest BCUT2D eigenvalue weighted by Crippen LogP contribution is -2.39. The molecule has 0 bridgehead atoms. The predicted molar refractivity (Wildman–Crippen MR) is 88.3 cm³/mol. The van der Waals surface area contributed by atoms with Gasteiger partial charge in [0.2, 0.25) is 0 Å². The predicted octanol–water partition coefficient (Wildman–Crippen LogP) is 3.31. The lowest BCUT2D eigenvalue weighted by Gasteiger charge is -2.29. The van der Waals surface area contributed by atoms with E-state index >= 15 is 0 Å². The van der Waals surface area contributed by atoms with Crippen molar-refractivity contribution in [2.75, 3.05) is 25.4 Å². The zero-order chi connectivity index (χ0) is 13.8. The van der Waals surface area contributed by atoms with E-state index in [1.54, 1.807) is 0 Å². The summed E-state index contributed by atoms with van der Waals surface area (Å²) >= 11 is 2.11. The van der Waals surface area contributed by atoms with Gasteiger partial charge in [-0.15, -0.1) is 0 Å². The molecule has 1 aromatic rings. The van der Waals surface area contributed by atoms with Crippen LogP contribution in [-0.4, -0.2) is 41.6 Å². The second kappa shape index (κ2) is 6.97. The Morgan fingerprint density at radius 2 is 2.00 bits per heavy atom. The minimum absolute atomic E-state index is 0.555. The van der Waals surface area contributed by atoms with Crippen LogP contribution in [-0.2, 0) is 0 Å². The van der Waals surface area contributed by atoms with E-state index in [0.29, 0.717) is 12.1 Å². The maximum absolute atomic E-state index is 3.82. The highest BCUT2D eigenvalue weighted by molar-refractivity contribution is 8.00. The minimum atomic E-state index is 0.555. The number of nitrogens with one attached hydrogen (secondary N) is 1. The number of thioether (sulfide) groups is 1. The third-order valence-electron chi connectivity index (χ3n) is 4.56. The number of benzene rings is 1. The fraction of sp³-hybridized carbons (Fsp3) is 0.647. The number of likely N-dealkylation sites (tertiary alicyclic amines) is 1. The fourth-order valence-corrected chi connectivity index (χ4v) is 4.61. The Balaban J connectivity index is 1.63. The van der Waals surface area contributed by atoms with E-state index < -0.39 is 0 Å². The number of nitrogens with zero attached hydrogens (tertiary/aromatic N) is 1. The Kier molecular flexibility index (Phi) is 5.03. The van der Waals surface area contributed by atoms with Crippen LogP contribution in [0.15, 0.2) is 30.3 Å². The molecule has 2 aliphatic heterocycles. The summed E-state index contributed by atoms with van der Waals surface area (Å²) in [6.07, 6.45) is 4.05. The molecule has 3 heteroatoms. The summed E-state index contributed by atoms with van der Waals surface area (Å²) in [5.74, 6) is 1.28. The summed E-state index contributed by atoms with van der Waals surface area (Å²) < 4.78 is 0. The van der Waals surface area contributed by atoms with Crippen LogP contribution in [0.5, 0.6) is 0 Å². The molecule has 0 aromatic heterocycles. The molecule has 2 fully saturated rings. The largest absolute Gasteiger partial charge is 0.311 e. The van der Waals surface area contributed by atoms with Crippen molar-refractivity contribution < 1.29 is 0 Å². The summed E-state index contributed by atoms with van der Waals surface area (Å²) in [5.41, 5.74) is 1.47. The quantitative estimate of drug-likeness (QED) is 0.895. The van der Waals surface area contributed by atoms with Crippen molar-refractivity contribution in [3.63, 3.8) is 0 Å². The molecule has 2 heterocycles. The standard InChI is InChI=1S/C17H26N2S/c1-14-11-16(13-20-14)18-12-17(19-9-5-6-10-19)15-7-3-2-4-8-15/h2-4,7-8,14,16-18H,5-6,9-13H2,1H3. The van der Waals surface area contributed by atoms with Gasteiger partial charge in [-0.3, -0.25) is 4.90 Å². The minimum Gasteiger partial charge on any atom is -0.311 e. The van der Waals surface area contributed by atoms with Gasteiger partial charge in [-0.2, -0.15) is 11.8 Å². The van der Waals surface area contributed by atoms with Crippen molar-refractivity contribution in [3.05, 3.63) is 35.9 Å². The summed E-state index contributed by atoms with van der Waals surface area (Å²) in [6.45, 7) is 5.97. The Morgan fingerprint density at radius 3 is 2.65 bits per heavy atom. The van der Waals surface area contributed by atoms with Gasteiger partial charge in [0, 0.05) is 29.6 Å². The first kappa shape index (κ1) is 14.4. The highest BCUT2D eigenvalue weighted by Crippen LogP contribution is 2.28. The molecule has 1 N–H and O–H groups in total. The van der Waals surface area contributed by atoms with Crippen LogP contribution in [0.3, 0.4) is 0 Å². The maximum Gasteiger partial charge on any atom is 0.0472 e. The lowest BCUT2D eigenvalue weighted by molar-refractivity contribution is 0.233. The highest BCUT2D eigenvalue weighted by Gasteiger charge is 2.26. The van der Waals surface area contributed by atoms with Crippen molar-refractivity contribution in [1.82, 2.24) is 10.2 Å². The van der Waals surface area contributed by atoms with Crippen LogP contribution in [0.2, 0.25) is 0 Å². The van der Waals surface area contributed by atoms with E-state index in [4.69, 9.17) is 0 Å². The molecule has 3 rings (SSSR count). The molecule has 2 saturated heterocycles. The Bertz CT molecular complexity index is 403. The van der Waals surface area contributed by atoms with Crippen LogP contribution in [0, 0.1) is 0 Å². The van der Waals surface area contributed by atoms with E-state index in [1.807, 2.05) is 0 Å². The number of hydrogen-bond acceptors (Lipinski definition) is 3. The van der Waals surface area contributed by atoms with Crippen molar-refractivity contribution in [2.45, 2.75) is 43.5 Å². The monoisotopic (exact) mass is 290 g/mol. The van der Waals surface area contributed by atoms with Gasteiger partial charge in [-0.1, -0.05) is 37.3 Å². The zero-order valence-electron chi connectivity index (χ0n) is 12.4. The molecule has 0 saturated carbocycles. The molecule has 110 valence electrons. The molecule has 0 amide bonds. The topological polar surface area (TPSA) is 15.3 Å². The number of rotatable bonds is 5. The maximum atomic E-state index is 3.82. The normalized spacial score (nSPS) is 28.9. The molecular formula is C17H26N2S. The second-order valence-electron chi connectivity index (χ2n) is 6.15. The van der Waals surface area contributed by atoms with Crippen LogP contribution in [0.25, 0.3) is 0 Å². The SMILES string of the molecule is CC1CC(NCC(c2ccccc2)N2CCCC2)CS1. The third kappa shape index (κ3) is 3.57. The fourth-order valence-electron chi connectivity index (χ4n) is 3.42. The molecule has 0 aliphatic carbocycles. The number of hydrogen-bond donors (Lipinski definition) is 1. The first-order chi connectivity index (χ1) is 9.83. The second-order valence-corrected chi connectivity index (χ2v) is 7.63. The molecule has 2 nitrogen and oxygen atoms in total. The van der Waals surface area contributed by atoms with Gasteiger partial charge in [0.15, 0.2) is 0 Å². The van der Waals surface area contributed by atoms with Crippen molar-refractivity contribution >= 4 is 11.8 Å². The van der Waals surface area contributed by atoms with Gasteiger partial charge >= 0.3 is 0 Å². The third-order valence-corrected chi connectivity index (χ3v) is 5.92. The molecule has 20 heavy (non-hydrogen) atoms. The molecule has 3 unspecified atom stereocenters. The van der Waals surface area contributed by atoms with Crippen LogP contribution in [0.1, 0.15) is 37.8 Å². The first-order valence-electron chi connectivity index (χ1n) is 7.97. The average Bonchev–Trinajstić information content (AvgIpc) is 3.12. The molecule has 0 radical (unpaired) electrons. The lowest BCUT2D eigenvalue weighted by atomic mass is 10.0. The molecular weight excluding hydrogens is 264 g/mol. The Hall–Kier alpha value is -0.510. The van der Waals surface area contributed by atoms with Crippen molar-refractivity contribution in [3.8, 4) is 0 Å². The Morgan fingerprint density at radius 1 is 1.25 bits per heavy atom. The van der Waals surface area contributed by atoms with Gasteiger partial charge in [0.1, 0.15) is 0 Å². The van der Waals surface area contributed by atoms with Crippen LogP contribution < -0.4 is 5.32 Å². The zero-order valence-corrected chi connectivity index (χ0v) is 13.2. The van der Waals surface area contributed by atoms with E-state index in [9.17, 15) is 0 Å². The highest BCUT2D eigenvalue weighted by atomic mass is 32.2. The van der Waals surface area contributed by atoms with E-state index in [2.05, 4.69) is 59.2 Å². The van der Waals surface area contributed by atoms with Gasteiger partial charge in [0.25, 0.3) is 0 Å². The van der Waals surface area contributed by atoms with Crippen molar-refractivity contribution in [2.24, 2.45) is 0 Å². The first-order valence-corrected chi connectivity index (χ1v) is 9.02. The molecule has 0 spiro atoms. The summed E-state index contributed by atoms with van der Waals surface area (Å²) in [6, 6.07) is 12.3. The van der Waals surface area contributed by atoms with E-state index in [1.165, 1.54) is 43.7 Å².